The summed E-state index contributed by atoms with van der Waals surface area (Å²) in [6, 6.07) is 22.6. The Balaban J connectivity index is 1.44. The number of para-hydroxylation sites is 1. The van der Waals surface area contributed by atoms with Crippen LogP contribution in [-0.4, -0.2) is 20.1 Å². The highest BCUT2D eigenvalue weighted by molar-refractivity contribution is 7.92. The van der Waals surface area contributed by atoms with E-state index in [-0.39, 0.29) is 4.90 Å². The number of rotatable bonds is 5. The summed E-state index contributed by atoms with van der Waals surface area (Å²) in [7, 11) is -3.62. The molecule has 0 amide bonds. The molecule has 0 atom stereocenters. The van der Waals surface area contributed by atoms with E-state index in [1.54, 1.807) is 24.3 Å². The molecule has 3 aromatic carbocycles. The van der Waals surface area contributed by atoms with Crippen molar-refractivity contribution in [3.63, 3.8) is 0 Å². The summed E-state index contributed by atoms with van der Waals surface area (Å²) in [5, 5.41) is 6.72. The molecule has 0 aliphatic carbocycles. The van der Waals surface area contributed by atoms with Gasteiger partial charge in [0.05, 0.1) is 10.6 Å². The summed E-state index contributed by atoms with van der Waals surface area (Å²) in [6.45, 7) is 4.80. The van der Waals surface area contributed by atoms with Gasteiger partial charge in [0.25, 0.3) is 10.0 Å². The first-order chi connectivity index (χ1) is 15.3. The van der Waals surface area contributed by atoms with Crippen LogP contribution in [0.2, 0.25) is 0 Å². The average Bonchev–Trinajstić information content (AvgIpc) is 2.79. The van der Waals surface area contributed by atoms with E-state index in [2.05, 4.69) is 36.6 Å². The van der Waals surface area contributed by atoms with Crippen molar-refractivity contribution >= 4 is 44.4 Å². The molecule has 7 heteroatoms. The second-order valence-electron chi connectivity index (χ2n) is 8.19. The van der Waals surface area contributed by atoms with E-state index in [0.717, 1.165) is 35.5 Å². The number of sulfonamides is 1. The first-order valence-corrected chi connectivity index (χ1v) is 12.6. The molecule has 0 unspecified atom stereocenters. The third-order valence-electron chi connectivity index (χ3n) is 5.60. The van der Waals surface area contributed by atoms with Gasteiger partial charge < -0.3 is 10.6 Å². The molecule has 0 bridgehead atoms. The van der Waals surface area contributed by atoms with Crippen LogP contribution in [0, 0.1) is 0 Å². The number of benzene rings is 3. The number of fused-ring (bicyclic) bond motifs is 1. The first-order valence-electron chi connectivity index (χ1n) is 10.7. The maximum absolute atomic E-state index is 13.3. The Bertz CT molecular complexity index is 1200. The maximum Gasteiger partial charge on any atom is 0.264 e. The number of hydrogen-bond acceptors (Lipinski definition) is 3. The van der Waals surface area contributed by atoms with Gasteiger partial charge in [-0.15, -0.1) is 0 Å². The van der Waals surface area contributed by atoms with E-state index in [4.69, 9.17) is 12.2 Å². The third kappa shape index (κ3) is 4.79. The summed E-state index contributed by atoms with van der Waals surface area (Å²) < 4.78 is 28.0. The standard InChI is InChI=1S/C25H27N3O2S2/c1-18(2)19-9-11-21(12-10-19)26-25(31)27-22-13-15-23(16-14-22)32(29,30)28-17-5-7-20-6-3-4-8-24(20)28/h3-4,6,8-16,18H,5,7,17H2,1-2H3,(H2,26,27,31). The molecule has 3 aromatic rings. The lowest BCUT2D eigenvalue weighted by atomic mass is 10.0. The highest BCUT2D eigenvalue weighted by Gasteiger charge is 2.28. The molecular weight excluding hydrogens is 438 g/mol. The highest BCUT2D eigenvalue weighted by atomic mass is 32.2. The van der Waals surface area contributed by atoms with E-state index in [1.165, 1.54) is 9.87 Å². The topological polar surface area (TPSA) is 61.4 Å². The molecule has 0 saturated heterocycles. The Hall–Kier alpha value is -2.90. The summed E-state index contributed by atoms with van der Waals surface area (Å²) in [5.74, 6) is 0.474. The Labute approximate surface area is 195 Å². The van der Waals surface area contributed by atoms with Crippen molar-refractivity contribution in [1.29, 1.82) is 0 Å². The third-order valence-corrected chi connectivity index (χ3v) is 7.63. The van der Waals surface area contributed by atoms with Gasteiger partial charge in [-0.2, -0.15) is 0 Å². The van der Waals surface area contributed by atoms with Crippen molar-refractivity contribution in [3.8, 4) is 0 Å². The van der Waals surface area contributed by atoms with E-state index in [0.29, 0.717) is 17.6 Å². The normalized spacial score (nSPS) is 13.5. The van der Waals surface area contributed by atoms with Gasteiger partial charge in [0, 0.05) is 17.9 Å². The molecule has 0 fully saturated rings. The molecule has 4 rings (SSSR count). The fourth-order valence-electron chi connectivity index (χ4n) is 3.83. The zero-order chi connectivity index (χ0) is 22.7. The minimum Gasteiger partial charge on any atom is -0.332 e. The average molecular weight is 466 g/mol. The van der Waals surface area contributed by atoms with Crippen molar-refractivity contribution in [3.05, 3.63) is 83.9 Å². The Morgan fingerprint density at radius 2 is 1.50 bits per heavy atom. The molecule has 0 radical (unpaired) electrons. The van der Waals surface area contributed by atoms with E-state index in [9.17, 15) is 8.42 Å². The number of aryl methyl sites for hydroxylation is 1. The van der Waals surface area contributed by atoms with Crippen molar-refractivity contribution in [2.24, 2.45) is 0 Å². The maximum atomic E-state index is 13.3. The molecule has 1 heterocycles. The molecule has 1 aliphatic heterocycles. The van der Waals surface area contributed by atoms with Crippen LogP contribution in [0.15, 0.2) is 77.7 Å². The van der Waals surface area contributed by atoms with Gasteiger partial charge in [0.2, 0.25) is 0 Å². The number of nitrogens with zero attached hydrogens (tertiary/aromatic N) is 1. The van der Waals surface area contributed by atoms with Crippen LogP contribution in [0.1, 0.15) is 37.3 Å². The summed E-state index contributed by atoms with van der Waals surface area (Å²) in [5.41, 5.74) is 4.73. The van der Waals surface area contributed by atoms with Crippen molar-refractivity contribution < 1.29 is 8.42 Å². The fourth-order valence-corrected chi connectivity index (χ4v) is 5.61. The Morgan fingerprint density at radius 3 is 2.12 bits per heavy atom. The van der Waals surface area contributed by atoms with Gasteiger partial charge >= 0.3 is 0 Å². The lowest BCUT2D eigenvalue weighted by Gasteiger charge is -2.30. The molecule has 1 aliphatic rings. The van der Waals surface area contributed by atoms with Gasteiger partial charge in [0.15, 0.2) is 5.11 Å². The van der Waals surface area contributed by atoms with Gasteiger partial charge in [0.1, 0.15) is 0 Å². The largest absolute Gasteiger partial charge is 0.332 e. The highest BCUT2D eigenvalue weighted by Crippen LogP contribution is 2.32. The SMILES string of the molecule is CC(C)c1ccc(NC(=S)Nc2ccc(S(=O)(=O)N3CCCc4ccccc43)cc2)cc1. The predicted molar refractivity (Wildman–Crippen MR) is 136 cm³/mol. The van der Waals surface area contributed by atoms with Crippen molar-refractivity contribution in [1.82, 2.24) is 0 Å². The predicted octanol–water partition coefficient (Wildman–Crippen LogP) is 5.76. The summed E-state index contributed by atoms with van der Waals surface area (Å²) in [4.78, 5) is 0.267. The lowest BCUT2D eigenvalue weighted by Crippen LogP contribution is -2.35. The molecule has 166 valence electrons. The van der Waals surface area contributed by atoms with Gasteiger partial charge in [-0.25, -0.2) is 8.42 Å². The van der Waals surface area contributed by atoms with Crippen LogP contribution in [0.3, 0.4) is 0 Å². The van der Waals surface area contributed by atoms with E-state index >= 15 is 0 Å². The van der Waals surface area contributed by atoms with Crippen LogP contribution >= 0.6 is 12.2 Å². The second-order valence-corrected chi connectivity index (χ2v) is 10.5. The molecule has 0 spiro atoms. The van der Waals surface area contributed by atoms with Crippen molar-refractivity contribution in [2.45, 2.75) is 37.5 Å². The second kappa shape index (κ2) is 9.30. The quantitative estimate of drug-likeness (QED) is 0.469. The zero-order valence-electron chi connectivity index (χ0n) is 18.2. The Morgan fingerprint density at radius 1 is 0.906 bits per heavy atom. The number of thiocarbonyl (C=S) groups is 1. The molecule has 32 heavy (non-hydrogen) atoms. The van der Waals surface area contributed by atoms with Gasteiger partial charge in [-0.3, -0.25) is 4.31 Å². The van der Waals surface area contributed by atoms with Crippen molar-refractivity contribution in [2.75, 3.05) is 21.5 Å². The summed E-state index contributed by atoms with van der Waals surface area (Å²) in [6.07, 6.45) is 1.71. The summed E-state index contributed by atoms with van der Waals surface area (Å²) >= 11 is 5.41. The van der Waals surface area contributed by atoms with Gasteiger partial charge in [-0.1, -0.05) is 44.2 Å². The molecule has 0 saturated carbocycles. The van der Waals surface area contributed by atoms with Crippen LogP contribution in [0.25, 0.3) is 0 Å². The fraction of sp³-hybridized carbons (Fsp3) is 0.240. The van der Waals surface area contributed by atoms with Crippen LogP contribution in [-0.2, 0) is 16.4 Å². The van der Waals surface area contributed by atoms with E-state index < -0.39 is 10.0 Å². The van der Waals surface area contributed by atoms with Crippen LogP contribution < -0.4 is 14.9 Å². The molecule has 0 aromatic heterocycles. The monoisotopic (exact) mass is 465 g/mol. The minimum atomic E-state index is -3.62. The number of nitrogens with one attached hydrogen (secondary N) is 2. The van der Waals surface area contributed by atoms with Crippen LogP contribution in [0.5, 0.6) is 0 Å². The lowest BCUT2D eigenvalue weighted by molar-refractivity contribution is 0.586. The first kappa shape index (κ1) is 22.3. The zero-order valence-corrected chi connectivity index (χ0v) is 19.8. The smallest absolute Gasteiger partial charge is 0.264 e. The van der Waals surface area contributed by atoms with Gasteiger partial charge in [-0.05, 0) is 84.6 Å². The van der Waals surface area contributed by atoms with Crippen LogP contribution in [0.4, 0.5) is 17.1 Å². The number of hydrogen-bond donors (Lipinski definition) is 2. The number of anilines is 3. The molecule has 2 N–H and O–H groups in total. The molecule has 5 nitrogen and oxygen atoms in total. The van der Waals surface area contributed by atoms with E-state index in [1.807, 2.05) is 36.4 Å². The molecular formula is C25H27N3O2S2. The Kier molecular flexibility index (Phi) is 6.48. The minimum absolute atomic E-state index is 0.267.